The molecule has 3 aromatic rings. The van der Waals surface area contributed by atoms with Gasteiger partial charge in [0.05, 0.1) is 33.5 Å². The summed E-state index contributed by atoms with van der Waals surface area (Å²) in [6, 6.07) is 24.6. The monoisotopic (exact) mass is 658 g/mol. The Morgan fingerprint density at radius 3 is 2.12 bits per heavy atom. The van der Waals surface area contributed by atoms with Gasteiger partial charge >= 0.3 is 0 Å². The minimum atomic E-state index is -0.114. The molecule has 1 heterocycles. The third-order valence-electron chi connectivity index (χ3n) is 8.12. The number of allylic oxidation sites excluding steroid dienone is 2. The van der Waals surface area contributed by atoms with Crippen LogP contribution >= 0.6 is 0 Å². The largest absolute Gasteiger partial charge is 0.493 e. The van der Waals surface area contributed by atoms with Crippen LogP contribution in [-0.4, -0.2) is 84.4 Å². The molecule has 4 rings (SSSR count). The predicted octanol–water partition coefficient (Wildman–Crippen LogP) is 6.44. The van der Waals surface area contributed by atoms with Crippen LogP contribution in [0, 0.1) is 0 Å². The van der Waals surface area contributed by atoms with Gasteiger partial charge in [-0.15, -0.1) is 0 Å². The summed E-state index contributed by atoms with van der Waals surface area (Å²) in [7, 11) is 4.75. The molecule has 3 aromatic carbocycles. The SMILES string of the molecule is COCCOCOc1c(OC)cc(C=CC=CC(=O)NCCCCN2CCC(OC(c3ccccc3)c3ccccc3)CC2)cc1OC. The van der Waals surface area contributed by atoms with Crippen LogP contribution in [0.25, 0.3) is 6.08 Å². The van der Waals surface area contributed by atoms with E-state index in [1.807, 2.05) is 30.3 Å². The van der Waals surface area contributed by atoms with Gasteiger partial charge in [0.25, 0.3) is 0 Å². The lowest BCUT2D eigenvalue weighted by atomic mass is 10.00. The van der Waals surface area contributed by atoms with Crippen molar-refractivity contribution in [1.82, 2.24) is 10.2 Å². The number of hydrogen-bond acceptors (Lipinski definition) is 8. The van der Waals surface area contributed by atoms with Gasteiger partial charge in [-0.25, -0.2) is 0 Å². The number of amides is 1. The molecule has 1 fully saturated rings. The molecule has 0 unspecified atom stereocenters. The average molecular weight is 659 g/mol. The van der Waals surface area contributed by atoms with Gasteiger partial charge in [0.1, 0.15) is 6.10 Å². The molecule has 9 nitrogen and oxygen atoms in total. The van der Waals surface area contributed by atoms with E-state index in [0.717, 1.165) is 50.9 Å². The molecule has 0 bridgehead atoms. The molecule has 9 heteroatoms. The fourth-order valence-corrected chi connectivity index (χ4v) is 5.55. The Morgan fingerprint density at radius 1 is 0.875 bits per heavy atom. The van der Waals surface area contributed by atoms with E-state index in [9.17, 15) is 4.79 Å². The summed E-state index contributed by atoms with van der Waals surface area (Å²) < 4.78 is 33.7. The van der Waals surface area contributed by atoms with Gasteiger partial charge in [-0.1, -0.05) is 78.9 Å². The molecule has 48 heavy (non-hydrogen) atoms. The number of benzene rings is 3. The molecule has 0 spiro atoms. The molecule has 0 aliphatic carbocycles. The minimum Gasteiger partial charge on any atom is -0.493 e. The van der Waals surface area contributed by atoms with Crippen molar-refractivity contribution < 1.29 is 33.2 Å². The standard InChI is InChI=1S/C39H50N2O7/c1-43-26-27-46-30-47-39-35(44-2)28-31(29-36(39)45-3)14-10-11-19-37(42)40-22-12-13-23-41-24-20-34(21-25-41)48-38(32-15-6-4-7-16-32)33-17-8-5-9-18-33/h4-11,14-19,28-29,34,38H,12-13,20-27,30H2,1-3H3,(H,40,42). The van der Waals surface area contributed by atoms with Crippen LogP contribution < -0.4 is 19.5 Å². The number of hydrogen-bond donors (Lipinski definition) is 1. The molecule has 1 N–H and O–H groups in total. The molecular formula is C39H50N2O7. The van der Waals surface area contributed by atoms with Crippen molar-refractivity contribution in [2.24, 2.45) is 0 Å². The first-order chi connectivity index (χ1) is 23.6. The summed E-state index contributed by atoms with van der Waals surface area (Å²) in [6.07, 6.45) is 11.1. The van der Waals surface area contributed by atoms with Gasteiger partial charge in [-0.05, 0) is 61.1 Å². The van der Waals surface area contributed by atoms with Gasteiger partial charge in [-0.3, -0.25) is 4.79 Å². The molecule has 1 aliphatic rings. The molecule has 258 valence electrons. The number of rotatable bonds is 20. The summed E-state index contributed by atoms with van der Waals surface area (Å²) in [4.78, 5) is 14.8. The molecule has 0 saturated carbocycles. The maximum atomic E-state index is 12.3. The molecular weight excluding hydrogens is 608 g/mol. The number of carbonyl (C=O) groups is 1. The first-order valence-electron chi connectivity index (χ1n) is 16.7. The Labute approximate surface area is 285 Å². The van der Waals surface area contributed by atoms with Crippen molar-refractivity contribution in [3.05, 3.63) is 108 Å². The Kier molecular flexibility index (Phi) is 16.0. The highest BCUT2D eigenvalue weighted by atomic mass is 16.7. The first-order valence-corrected chi connectivity index (χ1v) is 16.7. The van der Waals surface area contributed by atoms with Crippen molar-refractivity contribution in [2.75, 3.05) is 67.5 Å². The lowest BCUT2D eigenvalue weighted by Crippen LogP contribution is -2.38. The normalized spacial score (nSPS) is 14.2. The van der Waals surface area contributed by atoms with E-state index in [1.54, 1.807) is 33.5 Å². The van der Waals surface area contributed by atoms with Crippen molar-refractivity contribution in [1.29, 1.82) is 0 Å². The zero-order valence-corrected chi connectivity index (χ0v) is 28.5. The highest BCUT2D eigenvalue weighted by Gasteiger charge is 2.24. The van der Waals surface area contributed by atoms with Crippen molar-refractivity contribution >= 4 is 12.0 Å². The molecule has 1 amide bonds. The molecule has 0 atom stereocenters. The van der Waals surface area contributed by atoms with E-state index in [1.165, 1.54) is 17.2 Å². The van der Waals surface area contributed by atoms with Gasteiger partial charge in [0.15, 0.2) is 18.3 Å². The fourth-order valence-electron chi connectivity index (χ4n) is 5.55. The second-order valence-electron chi connectivity index (χ2n) is 11.5. The number of nitrogens with one attached hydrogen (secondary N) is 1. The predicted molar refractivity (Wildman–Crippen MR) is 189 cm³/mol. The van der Waals surface area contributed by atoms with Crippen molar-refractivity contribution in [3.63, 3.8) is 0 Å². The summed E-state index contributed by atoms with van der Waals surface area (Å²) in [6.45, 7) is 4.67. The maximum Gasteiger partial charge on any atom is 0.243 e. The Bertz CT molecular complexity index is 1340. The quantitative estimate of drug-likeness (QED) is 0.0643. The number of piperidine rings is 1. The van der Waals surface area contributed by atoms with Gasteiger partial charge in [-0.2, -0.15) is 0 Å². The highest BCUT2D eigenvalue weighted by molar-refractivity contribution is 5.87. The Morgan fingerprint density at radius 2 is 1.52 bits per heavy atom. The van der Waals surface area contributed by atoms with Gasteiger partial charge in [0, 0.05) is 32.8 Å². The number of carbonyl (C=O) groups excluding carboxylic acids is 1. The fraction of sp³-hybridized carbons (Fsp3) is 0.410. The molecule has 0 aromatic heterocycles. The van der Waals surface area contributed by atoms with Gasteiger partial charge < -0.3 is 38.6 Å². The van der Waals surface area contributed by atoms with Crippen LogP contribution in [0.5, 0.6) is 17.2 Å². The Balaban J connectivity index is 1.13. The van der Waals surface area contributed by atoms with Crippen LogP contribution in [-0.2, 0) is 19.0 Å². The van der Waals surface area contributed by atoms with Crippen LogP contribution in [0.1, 0.15) is 48.5 Å². The van der Waals surface area contributed by atoms with Crippen LogP contribution in [0.15, 0.2) is 91.0 Å². The van der Waals surface area contributed by atoms with Gasteiger partial charge in [0.2, 0.25) is 11.7 Å². The number of unbranched alkanes of at least 4 members (excludes halogenated alkanes) is 1. The third kappa shape index (κ3) is 12.1. The van der Waals surface area contributed by atoms with E-state index in [2.05, 4.69) is 58.7 Å². The highest BCUT2D eigenvalue weighted by Crippen LogP contribution is 2.39. The van der Waals surface area contributed by atoms with Crippen LogP contribution in [0.2, 0.25) is 0 Å². The Hall–Kier alpha value is -4.15. The first kappa shape index (κ1) is 36.7. The number of ether oxygens (including phenoxy) is 6. The lowest BCUT2D eigenvalue weighted by molar-refractivity contribution is -0.116. The second-order valence-corrected chi connectivity index (χ2v) is 11.5. The zero-order chi connectivity index (χ0) is 33.8. The van der Waals surface area contributed by atoms with Crippen LogP contribution in [0.4, 0.5) is 0 Å². The maximum absolute atomic E-state index is 12.3. The average Bonchev–Trinajstić information content (AvgIpc) is 3.13. The number of nitrogens with zero attached hydrogens (tertiary/aromatic N) is 1. The van der Waals surface area contributed by atoms with E-state index in [4.69, 9.17) is 28.4 Å². The molecule has 0 radical (unpaired) electrons. The van der Waals surface area contributed by atoms with Crippen molar-refractivity contribution in [2.45, 2.75) is 37.9 Å². The number of methoxy groups -OCH3 is 3. The zero-order valence-electron chi connectivity index (χ0n) is 28.5. The summed E-state index contributed by atoms with van der Waals surface area (Å²) in [5, 5.41) is 2.98. The smallest absolute Gasteiger partial charge is 0.243 e. The van der Waals surface area contributed by atoms with E-state index < -0.39 is 0 Å². The molecule has 1 aliphatic heterocycles. The minimum absolute atomic E-state index is 0.0444. The third-order valence-corrected chi connectivity index (χ3v) is 8.12. The van der Waals surface area contributed by atoms with Crippen molar-refractivity contribution in [3.8, 4) is 17.2 Å². The number of likely N-dealkylation sites (tertiary alicyclic amines) is 1. The summed E-state index contributed by atoms with van der Waals surface area (Å²) in [5.74, 6) is 1.38. The van der Waals surface area contributed by atoms with E-state index in [0.29, 0.717) is 37.0 Å². The van der Waals surface area contributed by atoms with E-state index >= 15 is 0 Å². The molecule has 1 saturated heterocycles. The topological polar surface area (TPSA) is 87.7 Å². The summed E-state index contributed by atoms with van der Waals surface area (Å²) in [5.41, 5.74) is 3.22. The van der Waals surface area contributed by atoms with E-state index in [-0.39, 0.29) is 24.9 Å². The van der Waals surface area contributed by atoms with Crippen LogP contribution in [0.3, 0.4) is 0 Å². The lowest BCUT2D eigenvalue weighted by Gasteiger charge is -2.34. The summed E-state index contributed by atoms with van der Waals surface area (Å²) >= 11 is 0. The second kappa shape index (κ2) is 21.0.